The predicted molar refractivity (Wildman–Crippen MR) is 111 cm³/mol. The monoisotopic (exact) mass is 435 g/mol. The molecular formula is C22H18FN5O4. The van der Waals surface area contributed by atoms with E-state index in [4.69, 9.17) is 0 Å². The molecule has 162 valence electrons. The number of nitrogens with zero attached hydrogens (tertiary/aromatic N) is 3. The summed E-state index contributed by atoms with van der Waals surface area (Å²) in [6, 6.07) is 5.58. The lowest BCUT2D eigenvalue weighted by atomic mass is 10.0. The van der Waals surface area contributed by atoms with Crippen molar-refractivity contribution in [3.63, 3.8) is 0 Å². The molecule has 0 spiro atoms. The molecule has 2 aromatic heterocycles. The second-order valence-corrected chi connectivity index (χ2v) is 7.88. The summed E-state index contributed by atoms with van der Waals surface area (Å²) < 4.78 is 16.5. The Balaban J connectivity index is 1.36. The summed E-state index contributed by atoms with van der Waals surface area (Å²) in [6.45, 7) is 0.177. The van der Waals surface area contributed by atoms with Gasteiger partial charge < -0.3 is 14.8 Å². The number of anilines is 1. The van der Waals surface area contributed by atoms with Crippen LogP contribution in [0.25, 0.3) is 11.0 Å². The van der Waals surface area contributed by atoms with Crippen LogP contribution < -0.4 is 10.6 Å². The number of rotatable bonds is 3. The zero-order valence-corrected chi connectivity index (χ0v) is 17.0. The van der Waals surface area contributed by atoms with Gasteiger partial charge in [-0.05, 0) is 36.2 Å². The second-order valence-electron chi connectivity index (χ2n) is 7.88. The van der Waals surface area contributed by atoms with E-state index in [-0.39, 0.29) is 42.2 Å². The van der Waals surface area contributed by atoms with E-state index in [1.807, 2.05) is 0 Å². The number of aryl methyl sites for hydroxylation is 1. The van der Waals surface area contributed by atoms with Crippen molar-refractivity contribution < 1.29 is 23.6 Å². The van der Waals surface area contributed by atoms with Crippen molar-refractivity contribution in [2.24, 2.45) is 7.05 Å². The number of imide groups is 1. The van der Waals surface area contributed by atoms with E-state index in [1.54, 1.807) is 42.1 Å². The third kappa shape index (κ3) is 3.11. The lowest BCUT2D eigenvalue weighted by molar-refractivity contribution is -0.136. The fourth-order valence-corrected chi connectivity index (χ4v) is 4.19. The standard InChI is InChI=1S/C22H18FN5O4/c1-27-7-6-14-18(23)15(9-24-19(14)27)20(30)25-12-2-3-13-11(8-12)10-28(22(13)32)16-4-5-17(29)26-21(16)31/h2-3,6-9,16H,4-5,10H2,1H3,(H,25,30)(H,26,29,31). The number of hydrogen-bond donors (Lipinski definition) is 2. The van der Waals surface area contributed by atoms with E-state index < -0.39 is 23.7 Å². The molecule has 1 aromatic carbocycles. The van der Waals surface area contributed by atoms with Crippen molar-refractivity contribution in [1.29, 1.82) is 0 Å². The maximum absolute atomic E-state index is 14.8. The molecule has 4 amide bonds. The smallest absolute Gasteiger partial charge is 0.260 e. The Morgan fingerprint density at radius 2 is 2.06 bits per heavy atom. The molecule has 0 aliphatic carbocycles. The van der Waals surface area contributed by atoms with Crippen molar-refractivity contribution in [2.45, 2.75) is 25.4 Å². The molecule has 4 heterocycles. The Bertz CT molecular complexity index is 1330. The highest BCUT2D eigenvalue weighted by molar-refractivity contribution is 6.08. The zero-order valence-electron chi connectivity index (χ0n) is 17.0. The maximum Gasteiger partial charge on any atom is 0.260 e. The molecular weight excluding hydrogens is 417 g/mol. The topological polar surface area (TPSA) is 113 Å². The van der Waals surface area contributed by atoms with Crippen molar-refractivity contribution in [3.05, 3.63) is 59.2 Å². The summed E-state index contributed by atoms with van der Waals surface area (Å²) in [5.74, 6) is -2.47. The lowest BCUT2D eigenvalue weighted by Crippen LogP contribution is -2.52. The molecule has 2 aliphatic heterocycles. The Labute approximate surface area is 181 Å². The van der Waals surface area contributed by atoms with Crippen LogP contribution in [-0.2, 0) is 23.2 Å². The van der Waals surface area contributed by atoms with Crippen LogP contribution in [0.1, 0.15) is 39.1 Å². The normalized spacial score (nSPS) is 18.1. The van der Waals surface area contributed by atoms with Crippen LogP contribution in [0, 0.1) is 5.82 Å². The van der Waals surface area contributed by atoms with Crippen LogP contribution in [0.5, 0.6) is 0 Å². The molecule has 3 aromatic rings. The number of carbonyl (C=O) groups is 4. The summed E-state index contributed by atoms with van der Waals surface area (Å²) in [5, 5.41) is 5.15. The minimum Gasteiger partial charge on any atom is -0.335 e. The Morgan fingerprint density at radius 3 is 2.84 bits per heavy atom. The van der Waals surface area contributed by atoms with Crippen molar-refractivity contribution in [3.8, 4) is 0 Å². The zero-order chi connectivity index (χ0) is 22.6. The summed E-state index contributed by atoms with van der Waals surface area (Å²) >= 11 is 0. The van der Waals surface area contributed by atoms with Gasteiger partial charge in [-0.15, -0.1) is 0 Å². The van der Waals surface area contributed by atoms with Crippen LogP contribution in [0.3, 0.4) is 0 Å². The van der Waals surface area contributed by atoms with E-state index in [1.165, 1.54) is 11.1 Å². The molecule has 1 fully saturated rings. The minimum absolute atomic E-state index is 0.170. The van der Waals surface area contributed by atoms with Gasteiger partial charge in [0, 0.05) is 43.7 Å². The van der Waals surface area contributed by atoms with Crippen molar-refractivity contribution >= 4 is 40.3 Å². The molecule has 0 bridgehead atoms. The lowest BCUT2D eigenvalue weighted by Gasteiger charge is -2.29. The van der Waals surface area contributed by atoms with Gasteiger partial charge in [0.15, 0.2) is 0 Å². The average molecular weight is 435 g/mol. The number of amides is 4. The quantitative estimate of drug-likeness (QED) is 0.609. The minimum atomic E-state index is -0.719. The van der Waals surface area contributed by atoms with Gasteiger partial charge in [0.2, 0.25) is 11.8 Å². The van der Waals surface area contributed by atoms with Gasteiger partial charge in [-0.3, -0.25) is 24.5 Å². The fraction of sp³-hybridized carbons (Fsp3) is 0.227. The first kappa shape index (κ1) is 19.9. The summed E-state index contributed by atoms with van der Waals surface area (Å²) in [5.41, 5.74) is 1.69. The SMILES string of the molecule is Cn1ccc2c(F)c(C(=O)Nc3ccc4c(c3)CN(C3CCC(=O)NC3=O)C4=O)cnc21. The highest BCUT2D eigenvalue weighted by Crippen LogP contribution is 2.30. The summed E-state index contributed by atoms with van der Waals surface area (Å²) in [6.07, 6.45) is 3.29. The fourth-order valence-electron chi connectivity index (χ4n) is 4.19. The van der Waals surface area contributed by atoms with E-state index in [2.05, 4.69) is 15.6 Å². The van der Waals surface area contributed by atoms with Gasteiger partial charge in [0.25, 0.3) is 11.8 Å². The summed E-state index contributed by atoms with van der Waals surface area (Å²) in [4.78, 5) is 54.6. The number of hydrogen-bond acceptors (Lipinski definition) is 5. The molecule has 1 saturated heterocycles. The van der Waals surface area contributed by atoms with Crippen molar-refractivity contribution in [2.75, 3.05) is 5.32 Å². The van der Waals surface area contributed by atoms with Gasteiger partial charge >= 0.3 is 0 Å². The molecule has 32 heavy (non-hydrogen) atoms. The van der Waals surface area contributed by atoms with E-state index in [9.17, 15) is 23.6 Å². The second kappa shape index (κ2) is 7.26. The van der Waals surface area contributed by atoms with Gasteiger partial charge in [0.05, 0.1) is 10.9 Å². The highest BCUT2D eigenvalue weighted by atomic mass is 19.1. The molecule has 5 rings (SSSR count). The van der Waals surface area contributed by atoms with Crippen molar-refractivity contribution in [1.82, 2.24) is 19.8 Å². The van der Waals surface area contributed by atoms with Crippen LogP contribution in [0.4, 0.5) is 10.1 Å². The molecule has 2 aliphatic rings. The third-order valence-corrected chi connectivity index (χ3v) is 5.85. The highest BCUT2D eigenvalue weighted by Gasteiger charge is 2.39. The largest absolute Gasteiger partial charge is 0.335 e. The average Bonchev–Trinajstić information content (AvgIpc) is 3.29. The van der Waals surface area contributed by atoms with Crippen LogP contribution in [-0.4, -0.2) is 44.1 Å². The summed E-state index contributed by atoms with van der Waals surface area (Å²) in [7, 11) is 1.73. The Hall–Kier alpha value is -4.08. The van der Waals surface area contributed by atoms with E-state index in [0.717, 1.165) is 0 Å². The first-order valence-electron chi connectivity index (χ1n) is 10.0. The number of pyridine rings is 1. The number of piperidine rings is 1. The Morgan fingerprint density at radius 1 is 1.25 bits per heavy atom. The molecule has 9 nitrogen and oxygen atoms in total. The van der Waals surface area contributed by atoms with Crippen LogP contribution in [0.2, 0.25) is 0 Å². The molecule has 0 saturated carbocycles. The van der Waals surface area contributed by atoms with E-state index >= 15 is 0 Å². The number of halogens is 1. The van der Waals surface area contributed by atoms with Gasteiger partial charge in [-0.1, -0.05) is 0 Å². The molecule has 1 unspecified atom stereocenters. The van der Waals surface area contributed by atoms with Crippen LogP contribution >= 0.6 is 0 Å². The third-order valence-electron chi connectivity index (χ3n) is 5.85. The van der Waals surface area contributed by atoms with E-state index in [0.29, 0.717) is 22.5 Å². The van der Waals surface area contributed by atoms with Gasteiger partial charge in [-0.25, -0.2) is 9.37 Å². The number of fused-ring (bicyclic) bond motifs is 2. The number of benzene rings is 1. The van der Waals surface area contributed by atoms with Gasteiger partial charge in [0.1, 0.15) is 17.5 Å². The first-order valence-corrected chi connectivity index (χ1v) is 10.0. The molecule has 10 heteroatoms. The maximum atomic E-state index is 14.8. The first-order chi connectivity index (χ1) is 15.3. The molecule has 2 N–H and O–H groups in total. The Kier molecular flexibility index (Phi) is 4.50. The van der Waals surface area contributed by atoms with Crippen LogP contribution in [0.15, 0.2) is 36.7 Å². The number of nitrogens with one attached hydrogen (secondary N) is 2. The number of carbonyl (C=O) groups excluding carboxylic acids is 4. The molecule has 0 radical (unpaired) electrons. The predicted octanol–water partition coefficient (Wildman–Crippen LogP) is 1.73. The number of aromatic nitrogens is 2. The molecule has 1 atom stereocenters. The van der Waals surface area contributed by atoms with Gasteiger partial charge in [-0.2, -0.15) is 0 Å².